The lowest BCUT2D eigenvalue weighted by Crippen LogP contribution is -2.30. The molecule has 36 heavy (non-hydrogen) atoms. The number of ether oxygens (including phenoxy) is 3. The van der Waals surface area contributed by atoms with Crippen molar-refractivity contribution in [2.24, 2.45) is 0 Å². The minimum Gasteiger partial charge on any atom is -0.493 e. The van der Waals surface area contributed by atoms with Crippen LogP contribution in [0.3, 0.4) is 0 Å². The van der Waals surface area contributed by atoms with Gasteiger partial charge < -0.3 is 19.5 Å². The first-order valence-corrected chi connectivity index (χ1v) is 11.6. The molecule has 1 atom stereocenters. The van der Waals surface area contributed by atoms with E-state index in [-0.39, 0.29) is 5.56 Å². The molecule has 0 saturated carbocycles. The molecule has 0 aliphatic carbocycles. The molecular weight excluding hydrogens is 503 g/mol. The molecule has 0 aliphatic heterocycles. The molecule has 184 valence electrons. The standard InChI is InChI=1S/C27H22Cl2N2O5/c1-15(26(32)30-19-12-17(28)11-18(29)13-19)36-27(33)21-14-23(31-22-7-5-4-6-20(21)22)16-8-9-24(34-2)25(10-16)35-3/h4-15H,1-3H3,(H,30,32). The number of rotatable bonds is 7. The molecule has 0 bridgehead atoms. The van der Waals surface area contributed by atoms with E-state index in [9.17, 15) is 9.59 Å². The number of nitrogens with zero attached hydrogens (tertiary/aromatic N) is 1. The van der Waals surface area contributed by atoms with Crippen LogP contribution in [-0.2, 0) is 9.53 Å². The number of hydrogen-bond donors (Lipinski definition) is 1. The largest absolute Gasteiger partial charge is 0.493 e. The number of halogens is 2. The number of nitrogens with one attached hydrogen (secondary N) is 1. The van der Waals surface area contributed by atoms with E-state index >= 15 is 0 Å². The molecule has 3 aromatic carbocycles. The quantitative estimate of drug-likeness (QED) is 0.281. The Hall–Kier alpha value is -3.81. The number of anilines is 1. The fourth-order valence-corrected chi connectivity index (χ4v) is 4.16. The lowest BCUT2D eigenvalue weighted by molar-refractivity contribution is -0.123. The molecule has 4 aromatic rings. The zero-order chi connectivity index (χ0) is 25.8. The van der Waals surface area contributed by atoms with E-state index < -0.39 is 18.0 Å². The van der Waals surface area contributed by atoms with Crippen molar-refractivity contribution < 1.29 is 23.8 Å². The molecule has 1 unspecified atom stereocenters. The third-order valence-corrected chi connectivity index (χ3v) is 5.83. The van der Waals surface area contributed by atoms with Crippen LogP contribution >= 0.6 is 23.2 Å². The van der Waals surface area contributed by atoms with Gasteiger partial charge in [0.1, 0.15) is 0 Å². The van der Waals surface area contributed by atoms with Gasteiger partial charge in [-0.05, 0) is 55.5 Å². The van der Waals surface area contributed by atoms with Gasteiger partial charge in [-0.2, -0.15) is 0 Å². The van der Waals surface area contributed by atoms with Crippen LogP contribution in [0.25, 0.3) is 22.2 Å². The normalized spacial score (nSPS) is 11.6. The summed E-state index contributed by atoms with van der Waals surface area (Å²) in [5, 5.41) is 3.99. The van der Waals surface area contributed by atoms with Gasteiger partial charge in [0.25, 0.3) is 5.91 Å². The molecule has 0 aliphatic rings. The van der Waals surface area contributed by atoms with Crippen LogP contribution in [0.4, 0.5) is 5.69 Å². The van der Waals surface area contributed by atoms with E-state index in [1.807, 2.05) is 12.1 Å². The highest BCUT2D eigenvalue weighted by molar-refractivity contribution is 6.35. The van der Waals surface area contributed by atoms with Crippen LogP contribution in [0.15, 0.2) is 66.7 Å². The number of pyridine rings is 1. The van der Waals surface area contributed by atoms with Gasteiger partial charge in [-0.1, -0.05) is 41.4 Å². The van der Waals surface area contributed by atoms with Crippen LogP contribution < -0.4 is 14.8 Å². The van der Waals surface area contributed by atoms with Crippen molar-refractivity contribution in [2.75, 3.05) is 19.5 Å². The van der Waals surface area contributed by atoms with Gasteiger partial charge in [0.2, 0.25) is 0 Å². The predicted octanol–water partition coefficient (Wildman–Crippen LogP) is 6.41. The highest BCUT2D eigenvalue weighted by Gasteiger charge is 2.22. The van der Waals surface area contributed by atoms with Gasteiger partial charge in [-0.15, -0.1) is 0 Å². The molecular formula is C27H22Cl2N2O5. The van der Waals surface area contributed by atoms with E-state index in [0.29, 0.717) is 43.8 Å². The lowest BCUT2D eigenvalue weighted by atomic mass is 10.0. The molecule has 1 heterocycles. The van der Waals surface area contributed by atoms with E-state index in [1.165, 1.54) is 6.92 Å². The second kappa shape index (κ2) is 10.8. The van der Waals surface area contributed by atoms with E-state index in [0.717, 1.165) is 5.56 Å². The van der Waals surface area contributed by atoms with Crippen molar-refractivity contribution in [2.45, 2.75) is 13.0 Å². The number of benzene rings is 3. The highest BCUT2D eigenvalue weighted by Crippen LogP contribution is 2.33. The summed E-state index contributed by atoms with van der Waals surface area (Å²) >= 11 is 12.0. The lowest BCUT2D eigenvalue weighted by Gasteiger charge is -2.16. The molecule has 0 spiro atoms. The monoisotopic (exact) mass is 524 g/mol. The van der Waals surface area contributed by atoms with Gasteiger partial charge in [0.05, 0.1) is 31.0 Å². The Bertz CT molecular complexity index is 1440. The molecule has 9 heteroatoms. The first kappa shape index (κ1) is 25.3. The number of aromatic nitrogens is 1. The Balaban J connectivity index is 1.63. The maximum Gasteiger partial charge on any atom is 0.339 e. The maximum absolute atomic E-state index is 13.2. The minimum atomic E-state index is -1.09. The average Bonchev–Trinajstić information content (AvgIpc) is 2.86. The third kappa shape index (κ3) is 5.53. The summed E-state index contributed by atoms with van der Waals surface area (Å²) < 4.78 is 16.2. The van der Waals surface area contributed by atoms with Gasteiger partial charge in [-0.3, -0.25) is 4.79 Å². The SMILES string of the molecule is COc1ccc(-c2cc(C(=O)OC(C)C(=O)Nc3cc(Cl)cc(Cl)c3)c3ccccc3n2)cc1OC. The van der Waals surface area contributed by atoms with Gasteiger partial charge in [-0.25, -0.2) is 9.78 Å². The van der Waals surface area contributed by atoms with Crippen molar-refractivity contribution in [1.29, 1.82) is 0 Å². The number of fused-ring (bicyclic) bond motifs is 1. The Labute approximate surface area is 217 Å². The molecule has 0 radical (unpaired) electrons. The van der Waals surface area contributed by atoms with E-state index in [2.05, 4.69) is 5.32 Å². The summed E-state index contributed by atoms with van der Waals surface area (Å²) in [5.41, 5.74) is 2.52. The number of amides is 1. The molecule has 1 aromatic heterocycles. The highest BCUT2D eigenvalue weighted by atomic mass is 35.5. The Morgan fingerprint density at radius 2 is 1.58 bits per heavy atom. The third-order valence-electron chi connectivity index (χ3n) is 5.40. The second-order valence-electron chi connectivity index (χ2n) is 7.84. The van der Waals surface area contributed by atoms with Crippen LogP contribution in [0.5, 0.6) is 11.5 Å². The summed E-state index contributed by atoms with van der Waals surface area (Å²) in [7, 11) is 3.10. The summed E-state index contributed by atoms with van der Waals surface area (Å²) in [5.74, 6) is -0.0924. The van der Waals surface area contributed by atoms with Crippen LogP contribution in [-0.4, -0.2) is 37.2 Å². The molecule has 0 saturated heterocycles. The van der Waals surface area contributed by atoms with Crippen LogP contribution in [0, 0.1) is 0 Å². The zero-order valence-corrected chi connectivity index (χ0v) is 21.2. The van der Waals surface area contributed by atoms with Crippen molar-refractivity contribution in [3.63, 3.8) is 0 Å². The number of carbonyl (C=O) groups is 2. The first-order chi connectivity index (χ1) is 17.3. The Morgan fingerprint density at radius 3 is 2.28 bits per heavy atom. The molecule has 1 amide bonds. The fourth-order valence-electron chi connectivity index (χ4n) is 3.64. The van der Waals surface area contributed by atoms with E-state index in [4.69, 9.17) is 42.4 Å². The number of methoxy groups -OCH3 is 2. The maximum atomic E-state index is 13.2. The summed E-state index contributed by atoms with van der Waals surface area (Å²) in [6, 6.07) is 18.8. The van der Waals surface area contributed by atoms with Gasteiger partial charge >= 0.3 is 5.97 Å². The number of esters is 1. The van der Waals surface area contributed by atoms with Crippen molar-refractivity contribution >= 4 is 51.7 Å². The fraction of sp³-hybridized carbons (Fsp3) is 0.148. The second-order valence-corrected chi connectivity index (χ2v) is 8.71. The Morgan fingerprint density at radius 1 is 0.889 bits per heavy atom. The zero-order valence-electron chi connectivity index (χ0n) is 19.7. The summed E-state index contributed by atoms with van der Waals surface area (Å²) in [4.78, 5) is 30.6. The average molecular weight is 525 g/mol. The Kier molecular flexibility index (Phi) is 7.62. The number of hydrogen-bond acceptors (Lipinski definition) is 6. The van der Waals surface area contributed by atoms with Gasteiger partial charge in [0, 0.05) is 26.7 Å². The van der Waals surface area contributed by atoms with Crippen molar-refractivity contribution in [3.05, 3.63) is 82.3 Å². The predicted molar refractivity (Wildman–Crippen MR) is 140 cm³/mol. The first-order valence-electron chi connectivity index (χ1n) is 10.9. The number of para-hydroxylation sites is 1. The van der Waals surface area contributed by atoms with Crippen LogP contribution in [0.2, 0.25) is 10.0 Å². The summed E-state index contributed by atoms with van der Waals surface area (Å²) in [6.07, 6.45) is -1.09. The summed E-state index contributed by atoms with van der Waals surface area (Å²) in [6.45, 7) is 1.48. The van der Waals surface area contributed by atoms with Crippen molar-refractivity contribution in [3.8, 4) is 22.8 Å². The van der Waals surface area contributed by atoms with Crippen LogP contribution in [0.1, 0.15) is 17.3 Å². The molecule has 4 rings (SSSR count). The molecule has 0 fully saturated rings. The smallest absolute Gasteiger partial charge is 0.339 e. The van der Waals surface area contributed by atoms with Crippen molar-refractivity contribution in [1.82, 2.24) is 4.98 Å². The molecule has 7 nitrogen and oxygen atoms in total. The molecule has 1 N–H and O–H groups in total. The van der Waals surface area contributed by atoms with E-state index in [1.54, 1.807) is 68.8 Å². The van der Waals surface area contributed by atoms with Gasteiger partial charge in [0.15, 0.2) is 17.6 Å². The number of carbonyl (C=O) groups excluding carboxylic acids is 2. The minimum absolute atomic E-state index is 0.274. The topological polar surface area (TPSA) is 86.8 Å².